The first-order chi connectivity index (χ1) is 9.43. The summed E-state index contributed by atoms with van der Waals surface area (Å²) in [4.78, 5) is 2.16. The molecule has 1 aromatic rings. The lowest BCUT2D eigenvalue weighted by Crippen LogP contribution is -2.42. The maximum Gasteiger partial charge on any atom is 0.416 e. The molecule has 5 heteroatoms. The maximum absolute atomic E-state index is 13.1. The largest absolute Gasteiger partial charge is 0.416 e. The molecular formula is C15H17F3N2. The van der Waals surface area contributed by atoms with Crippen molar-refractivity contribution in [1.82, 2.24) is 4.90 Å². The van der Waals surface area contributed by atoms with Gasteiger partial charge in [0.2, 0.25) is 0 Å². The van der Waals surface area contributed by atoms with Crippen molar-refractivity contribution >= 4 is 0 Å². The number of alkyl halides is 3. The summed E-state index contributed by atoms with van der Waals surface area (Å²) in [5.74, 6) is 0. The molecule has 0 radical (unpaired) electrons. The predicted octanol–water partition coefficient (Wildman–Crippen LogP) is 3.58. The first-order valence-corrected chi connectivity index (χ1v) is 6.73. The van der Waals surface area contributed by atoms with E-state index in [1.165, 1.54) is 12.1 Å². The number of hydrogen-bond donors (Lipinski definition) is 0. The summed E-state index contributed by atoms with van der Waals surface area (Å²) in [5, 5.41) is 9.51. The van der Waals surface area contributed by atoms with Crippen molar-refractivity contribution in [2.24, 2.45) is 0 Å². The molecule has 1 heterocycles. The van der Waals surface area contributed by atoms with Crippen LogP contribution >= 0.6 is 0 Å². The van der Waals surface area contributed by atoms with Crippen molar-refractivity contribution in [2.45, 2.75) is 31.4 Å². The van der Waals surface area contributed by atoms with Crippen LogP contribution in [0.15, 0.2) is 24.3 Å². The van der Waals surface area contributed by atoms with E-state index >= 15 is 0 Å². The highest BCUT2D eigenvalue weighted by Crippen LogP contribution is 2.42. The molecule has 2 rings (SSSR count). The Kier molecular flexibility index (Phi) is 4.05. The van der Waals surface area contributed by atoms with Gasteiger partial charge in [0.25, 0.3) is 0 Å². The molecule has 1 aromatic carbocycles. The van der Waals surface area contributed by atoms with Gasteiger partial charge in [-0.05, 0) is 44.1 Å². The topological polar surface area (TPSA) is 27.0 Å². The highest BCUT2D eigenvalue weighted by molar-refractivity contribution is 5.41. The van der Waals surface area contributed by atoms with Gasteiger partial charge in [0.15, 0.2) is 0 Å². The second kappa shape index (κ2) is 5.45. The van der Waals surface area contributed by atoms with Crippen molar-refractivity contribution in [3.05, 3.63) is 35.4 Å². The highest BCUT2D eigenvalue weighted by atomic mass is 19.4. The van der Waals surface area contributed by atoms with Gasteiger partial charge < -0.3 is 4.90 Å². The maximum atomic E-state index is 13.1. The number of hydrogen-bond acceptors (Lipinski definition) is 2. The second-order valence-corrected chi connectivity index (χ2v) is 5.17. The van der Waals surface area contributed by atoms with Crippen molar-refractivity contribution in [1.29, 1.82) is 5.26 Å². The monoisotopic (exact) mass is 282 g/mol. The third-order valence-electron chi connectivity index (χ3n) is 4.12. The third kappa shape index (κ3) is 2.66. The summed E-state index contributed by atoms with van der Waals surface area (Å²) in [6, 6.07) is 7.64. The molecule has 1 saturated heterocycles. The van der Waals surface area contributed by atoms with Gasteiger partial charge in [0, 0.05) is 0 Å². The molecule has 0 unspecified atom stereocenters. The minimum Gasteiger partial charge on any atom is -0.303 e. The van der Waals surface area contributed by atoms with E-state index in [1.807, 2.05) is 6.92 Å². The van der Waals surface area contributed by atoms with Gasteiger partial charge >= 0.3 is 6.18 Å². The number of nitriles is 1. The molecule has 0 aliphatic carbocycles. The number of rotatable bonds is 2. The zero-order chi connectivity index (χ0) is 14.8. The number of halogens is 3. The standard InChI is InChI=1S/C15H17F3N2/c1-2-20-9-7-14(11-19,8-10-20)12-5-3-4-6-13(12)15(16,17)18/h3-6H,2,7-10H2,1H3. The zero-order valence-corrected chi connectivity index (χ0v) is 11.4. The Morgan fingerprint density at radius 3 is 2.35 bits per heavy atom. The average molecular weight is 282 g/mol. The Morgan fingerprint density at radius 1 is 1.25 bits per heavy atom. The van der Waals surface area contributed by atoms with Crippen LogP contribution in [0.4, 0.5) is 13.2 Å². The minimum absolute atomic E-state index is 0.130. The Morgan fingerprint density at radius 2 is 1.85 bits per heavy atom. The molecule has 0 spiro atoms. The fourth-order valence-corrected chi connectivity index (χ4v) is 2.84. The van der Waals surface area contributed by atoms with Gasteiger partial charge in [0.1, 0.15) is 0 Å². The van der Waals surface area contributed by atoms with Crippen molar-refractivity contribution < 1.29 is 13.2 Å². The molecule has 0 amide bonds. The summed E-state index contributed by atoms with van der Waals surface area (Å²) in [7, 11) is 0. The van der Waals surface area contributed by atoms with E-state index in [2.05, 4.69) is 11.0 Å². The lowest BCUT2D eigenvalue weighted by Gasteiger charge is -2.38. The Bertz CT molecular complexity index is 509. The van der Waals surface area contributed by atoms with Crippen molar-refractivity contribution in [3.63, 3.8) is 0 Å². The number of piperidine rings is 1. The fraction of sp³-hybridized carbons (Fsp3) is 0.533. The smallest absolute Gasteiger partial charge is 0.303 e. The van der Waals surface area contributed by atoms with Crippen LogP contribution in [-0.2, 0) is 11.6 Å². The molecule has 1 aliphatic heterocycles. The number of likely N-dealkylation sites (tertiary alicyclic amines) is 1. The number of benzene rings is 1. The molecule has 1 fully saturated rings. The molecule has 0 saturated carbocycles. The van der Waals surface area contributed by atoms with E-state index in [-0.39, 0.29) is 5.56 Å². The molecule has 1 aliphatic rings. The Balaban J connectivity index is 2.42. The van der Waals surface area contributed by atoms with Crippen LogP contribution in [0.2, 0.25) is 0 Å². The SMILES string of the molecule is CCN1CCC(C#N)(c2ccccc2C(F)(F)F)CC1. The van der Waals surface area contributed by atoms with Gasteiger partial charge in [-0.25, -0.2) is 0 Å². The molecule has 0 bridgehead atoms. The van der Waals surface area contributed by atoms with Gasteiger partial charge in [0.05, 0.1) is 17.0 Å². The molecule has 2 nitrogen and oxygen atoms in total. The molecule has 108 valence electrons. The summed E-state index contributed by atoms with van der Waals surface area (Å²) >= 11 is 0. The normalized spacial score (nSPS) is 19.6. The van der Waals surface area contributed by atoms with Crippen LogP contribution in [0.1, 0.15) is 30.9 Å². The van der Waals surface area contributed by atoms with Crippen molar-refractivity contribution in [2.75, 3.05) is 19.6 Å². The highest BCUT2D eigenvalue weighted by Gasteiger charge is 2.43. The quantitative estimate of drug-likeness (QED) is 0.829. The molecule has 0 aromatic heterocycles. The lowest BCUT2D eigenvalue weighted by atomic mass is 9.72. The lowest BCUT2D eigenvalue weighted by molar-refractivity contribution is -0.138. The van der Waals surface area contributed by atoms with E-state index < -0.39 is 17.2 Å². The van der Waals surface area contributed by atoms with Crippen LogP contribution in [-0.4, -0.2) is 24.5 Å². The first-order valence-electron chi connectivity index (χ1n) is 6.73. The fourth-order valence-electron chi connectivity index (χ4n) is 2.84. The average Bonchev–Trinajstić information content (AvgIpc) is 2.46. The van der Waals surface area contributed by atoms with E-state index in [4.69, 9.17) is 0 Å². The molecule has 0 N–H and O–H groups in total. The summed E-state index contributed by atoms with van der Waals surface area (Å²) < 4.78 is 39.4. The summed E-state index contributed by atoms with van der Waals surface area (Å²) in [6.45, 7) is 4.21. The third-order valence-corrected chi connectivity index (χ3v) is 4.12. The predicted molar refractivity (Wildman–Crippen MR) is 70.1 cm³/mol. The second-order valence-electron chi connectivity index (χ2n) is 5.17. The van der Waals surface area contributed by atoms with Crippen molar-refractivity contribution in [3.8, 4) is 6.07 Å². The van der Waals surface area contributed by atoms with Gasteiger partial charge in [-0.15, -0.1) is 0 Å². The zero-order valence-electron chi connectivity index (χ0n) is 11.4. The molecule has 0 atom stereocenters. The van der Waals surface area contributed by atoms with Gasteiger partial charge in [-0.1, -0.05) is 25.1 Å². The van der Waals surface area contributed by atoms with Crippen LogP contribution in [0, 0.1) is 11.3 Å². The first kappa shape index (κ1) is 14.9. The van der Waals surface area contributed by atoms with E-state index in [0.717, 1.165) is 12.6 Å². The number of nitrogens with zero attached hydrogens (tertiary/aromatic N) is 2. The van der Waals surface area contributed by atoms with Gasteiger partial charge in [-0.3, -0.25) is 0 Å². The van der Waals surface area contributed by atoms with E-state index in [0.29, 0.717) is 25.9 Å². The molecular weight excluding hydrogens is 265 g/mol. The summed E-state index contributed by atoms with van der Waals surface area (Å²) in [5.41, 5.74) is -1.56. The van der Waals surface area contributed by atoms with Crippen LogP contribution in [0.3, 0.4) is 0 Å². The van der Waals surface area contributed by atoms with E-state index in [9.17, 15) is 18.4 Å². The van der Waals surface area contributed by atoms with Crippen LogP contribution in [0.25, 0.3) is 0 Å². The van der Waals surface area contributed by atoms with Crippen LogP contribution in [0.5, 0.6) is 0 Å². The Labute approximate surface area is 116 Å². The summed E-state index contributed by atoms with van der Waals surface area (Å²) in [6.07, 6.45) is -3.52. The van der Waals surface area contributed by atoms with E-state index in [1.54, 1.807) is 6.07 Å². The Hall–Kier alpha value is -1.54. The molecule has 20 heavy (non-hydrogen) atoms. The van der Waals surface area contributed by atoms with Crippen LogP contribution < -0.4 is 0 Å². The minimum atomic E-state index is -4.41. The van der Waals surface area contributed by atoms with Gasteiger partial charge in [-0.2, -0.15) is 18.4 Å².